The maximum absolute atomic E-state index is 14.1. The molecule has 208 valence electrons. The van der Waals surface area contributed by atoms with Crippen LogP contribution < -0.4 is 0 Å². The van der Waals surface area contributed by atoms with Gasteiger partial charge in [0.2, 0.25) is 5.91 Å². The van der Waals surface area contributed by atoms with Crippen LogP contribution in [-0.4, -0.2) is 44.8 Å². The number of hydrogen-bond donors (Lipinski definition) is 0. The number of aryl methyl sites for hydroxylation is 1. The van der Waals surface area contributed by atoms with Crippen molar-refractivity contribution in [3.8, 4) is 0 Å². The highest BCUT2D eigenvalue weighted by molar-refractivity contribution is 9.10. The van der Waals surface area contributed by atoms with Crippen LogP contribution in [0.4, 0.5) is 0 Å². The second-order valence-corrected chi connectivity index (χ2v) is 11.7. The molecule has 1 aliphatic rings. The van der Waals surface area contributed by atoms with Crippen LogP contribution in [-0.2, 0) is 24.3 Å². The molecule has 3 aromatic rings. The van der Waals surface area contributed by atoms with Gasteiger partial charge in [-0.05, 0) is 80.1 Å². The van der Waals surface area contributed by atoms with Crippen molar-refractivity contribution in [2.24, 2.45) is 0 Å². The lowest BCUT2D eigenvalue weighted by Crippen LogP contribution is -2.49. The Morgan fingerprint density at radius 2 is 1.62 bits per heavy atom. The molecule has 0 aliphatic heterocycles. The van der Waals surface area contributed by atoms with E-state index in [1.165, 1.54) is 17.5 Å². The Kier molecular flexibility index (Phi) is 10.4. The van der Waals surface area contributed by atoms with Crippen LogP contribution in [0.5, 0.6) is 0 Å². The largest absolute Gasteiger partial charge is 0.345 e. The first-order valence-corrected chi connectivity index (χ1v) is 15.3. The molecule has 1 aliphatic carbocycles. The van der Waals surface area contributed by atoms with E-state index in [-0.39, 0.29) is 30.4 Å². The average molecular weight is 593 g/mol. The van der Waals surface area contributed by atoms with Crippen LogP contribution in [0.1, 0.15) is 86.5 Å². The number of benzene rings is 2. The molecule has 2 aromatic carbocycles. The summed E-state index contributed by atoms with van der Waals surface area (Å²) < 4.78 is 3.30. The van der Waals surface area contributed by atoms with Gasteiger partial charge in [-0.1, -0.05) is 73.3 Å². The number of nitrogens with zero attached hydrogens (tertiary/aromatic N) is 3. The summed E-state index contributed by atoms with van der Waals surface area (Å²) >= 11 is 3.52. The number of rotatable bonds is 11. The fraction of sp³-hybridized carbons (Fsp3) is 0.455. The number of amides is 2. The first-order valence-electron chi connectivity index (χ1n) is 14.5. The summed E-state index contributed by atoms with van der Waals surface area (Å²) in [6, 6.07) is 20.6. The zero-order valence-electron chi connectivity index (χ0n) is 23.6. The molecule has 0 N–H and O–H groups in total. The van der Waals surface area contributed by atoms with Gasteiger partial charge in [0.1, 0.15) is 6.54 Å². The summed E-state index contributed by atoms with van der Waals surface area (Å²) in [4.78, 5) is 31.5. The van der Waals surface area contributed by atoms with Gasteiger partial charge in [0, 0.05) is 40.6 Å². The lowest BCUT2D eigenvalue weighted by atomic mass is 9.94. The third-order valence-electron chi connectivity index (χ3n) is 8.16. The van der Waals surface area contributed by atoms with Crippen LogP contribution in [0.3, 0.4) is 0 Å². The summed E-state index contributed by atoms with van der Waals surface area (Å²) in [5, 5.41) is 0. The van der Waals surface area contributed by atoms with Gasteiger partial charge in [-0.25, -0.2) is 0 Å². The van der Waals surface area contributed by atoms with Crippen molar-refractivity contribution in [2.45, 2.75) is 90.9 Å². The molecule has 0 spiro atoms. The number of aromatic nitrogens is 1. The van der Waals surface area contributed by atoms with Crippen molar-refractivity contribution < 1.29 is 9.59 Å². The van der Waals surface area contributed by atoms with Crippen LogP contribution in [0.25, 0.3) is 0 Å². The maximum atomic E-state index is 14.1. The van der Waals surface area contributed by atoms with Crippen molar-refractivity contribution in [3.63, 3.8) is 0 Å². The Labute approximate surface area is 242 Å². The molecule has 4 rings (SSSR count). The van der Waals surface area contributed by atoms with E-state index in [1.807, 2.05) is 31.2 Å². The predicted octanol–water partition coefficient (Wildman–Crippen LogP) is 7.46. The third kappa shape index (κ3) is 7.63. The van der Waals surface area contributed by atoms with E-state index >= 15 is 0 Å². The quantitative estimate of drug-likeness (QED) is 0.232. The molecule has 1 aromatic heterocycles. The van der Waals surface area contributed by atoms with Gasteiger partial charge < -0.3 is 14.4 Å². The molecule has 39 heavy (non-hydrogen) atoms. The van der Waals surface area contributed by atoms with Crippen LogP contribution in [0, 0.1) is 0 Å². The zero-order chi connectivity index (χ0) is 27.8. The van der Waals surface area contributed by atoms with E-state index < -0.39 is 0 Å². The molecule has 0 radical (unpaired) electrons. The highest BCUT2D eigenvalue weighted by Crippen LogP contribution is 2.26. The van der Waals surface area contributed by atoms with Gasteiger partial charge in [0.15, 0.2) is 0 Å². The molecule has 5 nitrogen and oxygen atoms in total. The van der Waals surface area contributed by atoms with Crippen molar-refractivity contribution in [1.82, 2.24) is 14.4 Å². The van der Waals surface area contributed by atoms with E-state index in [4.69, 9.17) is 0 Å². The molecule has 1 saturated carbocycles. The third-order valence-corrected chi connectivity index (χ3v) is 8.69. The standard InChI is InChI=1S/C33H42BrN3O2/c1-4-25(3)36(33(39)28-17-13-26(5-2)14-18-28)24-32(38)37(30-10-7-6-8-11-30)23-31-12-9-21-35(31)22-27-15-19-29(34)20-16-27/h9,12-21,25,30H,4-8,10-11,22-24H2,1-3H3/t25-/m0/s1. The number of hydrogen-bond acceptors (Lipinski definition) is 2. The van der Waals surface area contributed by atoms with Gasteiger partial charge >= 0.3 is 0 Å². The maximum Gasteiger partial charge on any atom is 0.254 e. The molecular weight excluding hydrogens is 550 g/mol. The SMILES string of the molecule is CCc1ccc(C(=O)N(CC(=O)N(Cc2cccn2Cc2ccc(Br)cc2)C2CCCCC2)[C@@H](C)CC)cc1. The molecule has 2 amide bonds. The molecule has 1 fully saturated rings. The molecule has 1 atom stereocenters. The number of carbonyl (C=O) groups is 2. The highest BCUT2D eigenvalue weighted by Gasteiger charge is 2.30. The second kappa shape index (κ2) is 14.0. The summed E-state index contributed by atoms with van der Waals surface area (Å²) in [7, 11) is 0. The van der Waals surface area contributed by atoms with Crippen molar-refractivity contribution in [2.75, 3.05) is 6.54 Å². The molecule has 1 heterocycles. The monoisotopic (exact) mass is 591 g/mol. The van der Waals surface area contributed by atoms with Gasteiger partial charge in [0.05, 0.1) is 6.54 Å². The lowest BCUT2D eigenvalue weighted by molar-refractivity contribution is -0.136. The Morgan fingerprint density at radius 1 is 0.949 bits per heavy atom. The van der Waals surface area contributed by atoms with E-state index in [1.54, 1.807) is 4.90 Å². The van der Waals surface area contributed by atoms with Gasteiger partial charge in [-0.3, -0.25) is 9.59 Å². The van der Waals surface area contributed by atoms with E-state index in [0.717, 1.165) is 55.2 Å². The molecule has 6 heteroatoms. The predicted molar refractivity (Wildman–Crippen MR) is 162 cm³/mol. The van der Waals surface area contributed by atoms with Crippen LogP contribution in [0.15, 0.2) is 71.3 Å². The van der Waals surface area contributed by atoms with E-state index in [9.17, 15) is 9.59 Å². The Morgan fingerprint density at radius 3 is 2.26 bits per heavy atom. The lowest BCUT2D eigenvalue weighted by Gasteiger charge is -2.37. The van der Waals surface area contributed by atoms with Crippen molar-refractivity contribution in [1.29, 1.82) is 0 Å². The van der Waals surface area contributed by atoms with Crippen molar-refractivity contribution in [3.05, 3.63) is 93.7 Å². The second-order valence-electron chi connectivity index (χ2n) is 10.8. The van der Waals surface area contributed by atoms with E-state index in [2.05, 4.69) is 81.8 Å². The fourth-order valence-corrected chi connectivity index (χ4v) is 5.72. The minimum Gasteiger partial charge on any atom is -0.345 e. The normalized spacial score (nSPS) is 14.7. The molecule has 0 bridgehead atoms. The first-order chi connectivity index (χ1) is 18.9. The Bertz CT molecular complexity index is 1210. The number of carbonyl (C=O) groups excluding carboxylic acids is 2. The minimum atomic E-state index is -0.0671. The highest BCUT2D eigenvalue weighted by atomic mass is 79.9. The number of halogens is 1. The topological polar surface area (TPSA) is 45.6 Å². The average Bonchev–Trinajstić information content (AvgIpc) is 3.41. The van der Waals surface area contributed by atoms with Crippen molar-refractivity contribution >= 4 is 27.7 Å². The minimum absolute atomic E-state index is 0.0261. The summed E-state index contributed by atoms with van der Waals surface area (Å²) in [6.07, 6.45) is 9.38. The van der Waals surface area contributed by atoms with Crippen LogP contribution >= 0.6 is 15.9 Å². The Hall–Kier alpha value is -2.86. The van der Waals surface area contributed by atoms with E-state index in [0.29, 0.717) is 12.1 Å². The van der Waals surface area contributed by atoms with Gasteiger partial charge in [0.25, 0.3) is 5.91 Å². The van der Waals surface area contributed by atoms with Gasteiger partial charge in [-0.15, -0.1) is 0 Å². The molecule has 0 saturated heterocycles. The zero-order valence-corrected chi connectivity index (χ0v) is 25.2. The summed E-state index contributed by atoms with van der Waals surface area (Å²) in [5.41, 5.74) is 4.18. The van der Waals surface area contributed by atoms with Crippen LogP contribution in [0.2, 0.25) is 0 Å². The fourth-order valence-electron chi connectivity index (χ4n) is 5.46. The Balaban J connectivity index is 1.55. The van der Waals surface area contributed by atoms with Gasteiger partial charge in [-0.2, -0.15) is 0 Å². The smallest absolute Gasteiger partial charge is 0.254 e. The summed E-state index contributed by atoms with van der Waals surface area (Å²) in [5.74, 6) is -0.0281. The molecule has 0 unspecified atom stereocenters. The summed E-state index contributed by atoms with van der Waals surface area (Å²) in [6.45, 7) is 7.64. The first kappa shape index (κ1) is 29.1. The molecular formula is C33H42BrN3O2.